The Balaban J connectivity index is 1.42. The summed E-state index contributed by atoms with van der Waals surface area (Å²) in [4.78, 5) is 38.3. The maximum atomic E-state index is 13.0. The van der Waals surface area contributed by atoms with Crippen molar-refractivity contribution in [2.24, 2.45) is 0 Å². The van der Waals surface area contributed by atoms with Gasteiger partial charge in [0.25, 0.3) is 5.91 Å². The third-order valence-corrected chi connectivity index (χ3v) is 7.28. The Kier molecular flexibility index (Phi) is 7.11. The average molecular weight is 547 g/mol. The monoisotopic (exact) mass is 545 g/mol. The molecule has 1 heterocycles. The summed E-state index contributed by atoms with van der Waals surface area (Å²) in [5.41, 5.74) is 2.22. The molecule has 0 atom stereocenters. The van der Waals surface area contributed by atoms with Crippen LogP contribution < -0.4 is 10.1 Å². The van der Waals surface area contributed by atoms with Crippen molar-refractivity contribution in [3.05, 3.63) is 79.7 Å². The normalized spacial score (nSPS) is 18.0. The Morgan fingerprint density at radius 1 is 0.889 bits per heavy atom. The van der Waals surface area contributed by atoms with E-state index >= 15 is 0 Å². The van der Waals surface area contributed by atoms with Gasteiger partial charge in [0.15, 0.2) is 23.9 Å². The summed E-state index contributed by atoms with van der Waals surface area (Å²) in [5.74, 6) is 0.376. The Labute approximate surface area is 223 Å². The summed E-state index contributed by atoms with van der Waals surface area (Å²) in [7, 11) is 0. The minimum Gasteiger partial charge on any atom is -0.481 e. The second-order valence-corrected chi connectivity index (χ2v) is 10.2. The Bertz CT molecular complexity index is 1260. The van der Waals surface area contributed by atoms with Crippen LogP contribution in [-0.4, -0.2) is 24.1 Å². The van der Waals surface area contributed by atoms with Crippen LogP contribution in [0.25, 0.3) is 0 Å². The topological polar surface area (TPSA) is 81.7 Å². The molecule has 2 aromatic rings. The van der Waals surface area contributed by atoms with Crippen LogP contribution in [0.4, 0.5) is 5.69 Å². The molecule has 0 saturated heterocycles. The quantitative estimate of drug-likeness (QED) is 0.446. The van der Waals surface area contributed by atoms with Crippen molar-refractivity contribution in [1.82, 2.24) is 0 Å². The minimum atomic E-state index is -0.582. The molecule has 0 saturated carbocycles. The Morgan fingerprint density at radius 2 is 1.44 bits per heavy atom. The zero-order chi connectivity index (χ0) is 25.4. The highest BCUT2D eigenvalue weighted by Crippen LogP contribution is 2.49. The van der Waals surface area contributed by atoms with Crippen LogP contribution in [0.2, 0.25) is 15.1 Å². The van der Waals surface area contributed by atoms with Gasteiger partial charge in [0.2, 0.25) is 0 Å². The number of rotatable bonds is 5. The number of ketones is 2. The molecular formula is C27H22Cl3NO5. The molecular weight excluding hydrogens is 525 g/mol. The van der Waals surface area contributed by atoms with Crippen LogP contribution in [0.1, 0.15) is 50.0 Å². The molecule has 0 bridgehead atoms. The maximum absolute atomic E-state index is 13.0. The van der Waals surface area contributed by atoms with Crippen molar-refractivity contribution in [1.29, 1.82) is 0 Å². The van der Waals surface area contributed by atoms with Gasteiger partial charge in [-0.25, -0.2) is 0 Å². The number of hydrogen-bond donors (Lipinski definition) is 1. The molecule has 0 unspecified atom stereocenters. The van der Waals surface area contributed by atoms with Gasteiger partial charge < -0.3 is 14.8 Å². The fourth-order valence-electron chi connectivity index (χ4n) is 4.90. The molecule has 5 rings (SSSR count). The summed E-state index contributed by atoms with van der Waals surface area (Å²) < 4.78 is 11.7. The van der Waals surface area contributed by atoms with E-state index < -0.39 is 11.8 Å². The van der Waals surface area contributed by atoms with E-state index in [0.717, 1.165) is 0 Å². The second kappa shape index (κ2) is 10.3. The van der Waals surface area contributed by atoms with E-state index in [1.165, 1.54) is 0 Å². The molecule has 0 aromatic heterocycles. The number of ether oxygens (including phenoxy) is 2. The molecule has 186 valence electrons. The molecule has 0 radical (unpaired) electrons. The van der Waals surface area contributed by atoms with Crippen LogP contribution in [0.5, 0.6) is 5.75 Å². The van der Waals surface area contributed by atoms with E-state index in [2.05, 4.69) is 5.32 Å². The van der Waals surface area contributed by atoms with Crippen molar-refractivity contribution in [3.63, 3.8) is 0 Å². The highest BCUT2D eigenvalue weighted by atomic mass is 35.5. The number of carbonyl (C=O) groups excluding carboxylic acids is 3. The van der Waals surface area contributed by atoms with E-state index in [1.54, 1.807) is 36.4 Å². The van der Waals surface area contributed by atoms with Crippen molar-refractivity contribution in [2.45, 2.75) is 44.4 Å². The molecule has 6 nitrogen and oxygen atoms in total. The van der Waals surface area contributed by atoms with Gasteiger partial charge >= 0.3 is 0 Å². The van der Waals surface area contributed by atoms with Gasteiger partial charge in [0, 0.05) is 53.5 Å². The molecule has 1 N–H and O–H groups in total. The largest absolute Gasteiger partial charge is 0.481 e. The number of anilines is 1. The zero-order valence-electron chi connectivity index (χ0n) is 19.2. The van der Waals surface area contributed by atoms with E-state index in [1.807, 2.05) is 0 Å². The van der Waals surface area contributed by atoms with Gasteiger partial charge in [0.05, 0.1) is 10.0 Å². The first-order valence-corrected chi connectivity index (χ1v) is 12.8. The number of carbonyl (C=O) groups is 3. The summed E-state index contributed by atoms with van der Waals surface area (Å²) in [5, 5.41) is 3.62. The predicted molar refractivity (Wildman–Crippen MR) is 138 cm³/mol. The molecule has 1 amide bonds. The fourth-order valence-corrected chi connectivity index (χ4v) is 5.64. The third-order valence-electron chi connectivity index (χ3n) is 6.47. The molecule has 2 aliphatic carbocycles. The lowest BCUT2D eigenvalue weighted by molar-refractivity contribution is -0.119. The molecule has 0 fully saturated rings. The first-order valence-electron chi connectivity index (χ1n) is 11.7. The van der Waals surface area contributed by atoms with E-state index in [4.69, 9.17) is 44.3 Å². The number of hydrogen-bond acceptors (Lipinski definition) is 5. The molecule has 0 spiro atoms. The fraction of sp³-hybridized carbons (Fsp3) is 0.296. The van der Waals surface area contributed by atoms with Gasteiger partial charge in [-0.1, -0.05) is 34.8 Å². The standard InChI is InChI=1S/C27H22Cl3NO5/c28-15-7-9-16(10-8-15)31-23(34)13-35-27-17(29)11-14(12-18(27)30)24-25-19(32)3-1-5-21(25)36-22-6-2-4-20(33)26(22)24/h7-12,24H,1-6,13H2,(H,31,34). The lowest BCUT2D eigenvalue weighted by Gasteiger charge is -2.36. The zero-order valence-corrected chi connectivity index (χ0v) is 21.4. The summed E-state index contributed by atoms with van der Waals surface area (Å²) in [6.07, 6.45) is 3.53. The highest BCUT2D eigenvalue weighted by Gasteiger charge is 2.42. The number of nitrogens with one attached hydrogen (secondary N) is 1. The van der Waals surface area contributed by atoms with E-state index in [0.29, 0.717) is 77.5 Å². The van der Waals surface area contributed by atoms with Crippen LogP contribution in [0, 0.1) is 0 Å². The van der Waals surface area contributed by atoms with Crippen LogP contribution >= 0.6 is 34.8 Å². The van der Waals surface area contributed by atoms with Crippen molar-refractivity contribution in [2.75, 3.05) is 11.9 Å². The summed E-state index contributed by atoms with van der Waals surface area (Å²) in [6.45, 7) is -0.319. The number of Topliss-reactive ketones (excluding diaryl/α,β-unsaturated/α-hetero) is 2. The number of halogens is 3. The van der Waals surface area contributed by atoms with Gasteiger partial charge in [-0.2, -0.15) is 0 Å². The number of benzene rings is 2. The number of amides is 1. The molecule has 36 heavy (non-hydrogen) atoms. The third kappa shape index (κ3) is 4.90. The lowest BCUT2D eigenvalue weighted by Crippen LogP contribution is -2.30. The van der Waals surface area contributed by atoms with E-state index in [9.17, 15) is 14.4 Å². The summed E-state index contributed by atoms with van der Waals surface area (Å²) in [6, 6.07) is 9.97. The first kappa shape index (κ1) is 24.9. The van der Waals surface area contributed by atoms with Crippen molar-refractivity contribution in [3.8, 4) is 5.75 Å². The Morgan fingerprint density at radius 3 is 2.00 bits per heavy atom. The SMILES string of the molecule is O=C(COc1c(Cl)cc(C2C3=C(CCCC3=O)OC3=C2C(=O)CCC3)cc1Cl)Nc1ccc(Cl)cc1. The molecule has 9 heteroatoms. The van der Waals surface area contributed by atoms with Crippen molar-refractivity contribution >= 4 is 58.0 Å². The average Bonchev–Trinajstić information content (AvgIpc) is 2.84. The molecule has 1 aliphatic heterocycles. The number of allylic oxidation sites excluding steroid dienone is 4. The molecule has 2 aromatic carbocycles. The smallest absolute Gasteiger partial charge is 0.262 e. The van der Waals surface area contributed by atoms with Crippen LogP contribution in [0.15, 0.2) is 59.1 Å². The maximum Gasteiger partial charge on any atom is 0.262 e. The first-order chi connectivity index (χ1) is 17.3. The van der Waals surface area contributed by atoms with Crippen molar-refractivity contribution < 1.29 is 23.9 Å². The predicted octanol–water partition coefficient (Wildman–Crippen LogP) is 6.79. The van der Waals surface area contributed by atoms with E-state index in [-0.39, 0.29) is 34.0 Å². The van der Waals surface area contributed by atoms with Crippen LogP contribution in [-0.2, 0) is 19.1 Å². The lowest BCUT2D eigenvalue weighted by atomic mass is 9.73. The second-order valence-electron chi connectivity index (χ2n) is 8.92. The highest BCUT2D eigenvalue weighted by molar-refractivity contribution is 6.37. The van der Waals surface area contributed by atoms with Gasteiger partial charge in [-0.05, 0) is 54.8 Å². The minimum absolute atomic E-state index is 0.0300. The van der Waals surface area contributed by atoms with Gasteiger partial charge in [0.1, 0.15) is 11.5 Å². The Hall–Kier alpha value is -2.80. The molecule has 3 aliphatic rings. The summed E-state index contributed by atoms with van der Waals surface area (Å²) >= 11 is 19.0. The van der Waals surface area contributed by atoms with Crippen LogP contribution in [0.3, 0.4) is 0 Å². The van der Waals surface area contributed by atoms with Gasteiger partial charge in [-0.3, -0.25) is 14.4 Å². The van der Waals surface area contributed by atoms with Gasteiger partial charge in [-0.15, -0.1) is 0 Å².